The molecule has 0 heterocycles. The number of unbranched alkanes of at least 4 members (excludes halogenated alkanes) is 7. The summed E-state index contributed by atoms with van der Waals surface area (Å²) in [5.74, 6) is 0. The van der Waals surface area contributed by atoms with E-state index in [9.17, 15) is 0 Å². The van der Waals surface area contributed by atoms with E-state index in [0.29, 0.717) is 0 Å². The Labute approximate surface area is 159 Å². The zero-order valence-corrected chi connectivity index (χ0v) is 16.7. The van der Waals surface area contributed by atoms with E-state index < -0.39 is 10.4 Å². The molecule has 2 N–H and O–H groups in total. The van der Waals surface area contributed by atoms with E-state index in [0.717, 1.165) is 0 Å². The number of hydrogen-bond acceptors (Lipinski definition) is 2. The zero-order valence-electron chi connectivity index (χ0n) is 14.9. The quantitative estimate of drug-likeness (QED) is 0.409. The van der Waals surface area contributed by atoms with Crippen LogP contribution in [-0.4, -0.2) is 17.5 Å². The predicted molar refractivity (Wildman–Crippen MR) is 88.0 cm³/mol. The summed E-state index contributed by atoms with van der Waals surface area (Å²) in [5, 5.41) is 0. The smallest absolute Gasteiger partial charge is 1.00 e. The average Bonchev–Trinajstić information content (AvgIpc) is 2.41. The van der Waals surface area contributed by atoms with Gasteiger partial charge in [0.05, 0.1) is 0 Å². The summed E-state index contributed by atoms with van der Waals surface area (Å²) >= 11 is 0. The zero-order chi connectivity index (χ0) is 16.0. The molecule has 0 aliphatic carbocycles. The molecule has 124 valence electrons. The van der Waals surface area contributed by atoms with Crippen molar-refractivity contribution >= 4 is 10.4 Å². The molecule has 0 fully saturated rings. The molecule has 22 heavy (non-hydrogen) atoms. The molecule has 0 aliphatic heterocycles. The van der Waals surface area contributed by atoms with Crippen LogP contribution in [0.2, 0.25) is 0 Å². The Hall–Kier alpha value is 0.0900. The maximum absolute atomic E-state index is 8.74. The minimum absolute atomic E-state index is 0. The van der Waals surface area contributed by atoms with Gasteiger partial charge in [0.1, 0.15) is 0 Å². The van der Waals surface area contributed by atoms with Crippen molar-refractivity contribution in [1.82, 2.24) is 0 Å². The van der Waals surface area contributed by atoms with E-state index in [1.165, 1.54) is 63.4 Å². The van der Waals surface area contributed by atoms with Crippen LogP contribution in [0, 0.1) is 0 Å². The van der Waals surface area contributed by atoms with E-state index in [1.54, 1.807) is 0 Å². The summed E-state index contributed by atoms with van der Waals surface area (Å²) < 4.78 is 31.6. The Bertz CT molecular complexity index is 433. The molecular formula is C16H29NaO4S. The van der Waals surface area contributed by atoms with Crippen molar-refractivity contribution in [2.75, 3.05) is 0 Å². The van der Waals surface area contributed by atoms with Crippen LogP contribution in [0.15, 0.2) is 30.3 Å². The van der Waals surface area contributed by atoms with Gasteiger partial charge in [0.15, 0.2) is 0 Å². The Morgan fingerprint density at radius 2 is 1.27 bits per heavy atom. The van der Waals surface area contributed by atoms with Crippen molar-refractivity contribution in [2.45, 2.75) is 64.7 Å². The summed E-state index contributed by atoms with van der Waals surface area (Å²) in [6, 6.07) is 10.8. The average molecular weight is 340 g/mol. The van der Waals surface area contributed by atoms with Crippen molar-refractivity contribution in [3.8, 4) is 0 Å². The third-order valence-electron chi connectivity index (χ3n) is 3.16. The summed E-state index contributed by atoms with van der Waals surface area (Å²) in [7, 11) is -4.67. The normalized spacial score (nSPS) is 10.3. The predicted octanol–water partition coefficient (Wildman–Crippen LogP) is 1.83. The molecule has 1 rings (SSSR count). The maximum Gasteiger partial charge on any atom is 1.00 e. The number of benzene rings is 1. The van der Waals surface area contributed by atoms with Crippen molar-refractivity contribution in [3.63, 3.8) is 0 Å². The van der Waals surface area contributed by atoms with Crippen molar-refractivity contribution in [3.05, 3.63) is 35.9 Å². The van der Waals surface area contributed by atoms with Gasteiger partial charge in [0.2, 0.25) is 0 Å². The molecule has 0 saturated carbocycles. The van der Waals surface area contributed by atoms with Crippen LogP contribution in [0.5, 0.6) is 0 Å². The minimum Gasteiger partial charge on any atom is -1.00 e. The van der Waals surface area contributed by atoms with E-state index in [4.69, 9.17) is 17.5 Å². The van der Waals surface area contributed by atoms with Gasteiger partial charge in [-0.05, 0) is 18.4 Å². The Morgan fingerprint density at radius 3 is 1.73 bits per heavy atom. The van der Waals surface area contributed by atoms with Gasteiger partial charge in [0.25, 0.3) is 0 Å². The van der Waals surface area contributed by atoms with E-state index >= 15 is 0 Å². The van der Waals surface area contributed by atoms with Crippen molar-refractivity contribution < 1.29 is 48.5 Å². The topological polar surface area (TPSA) is 74.6 Å². The second-order valence-corrected chi connectivity index (χ2v) is 6.05. The van der Waals surface area contributed by atoms with Crippen LogP contribution < -0.4 is 29.6 Å². The van der Waals surface area contributed by atoms with Crippen LogP contribution in [0.3, 0.4) is 0 Å². The van der Waals surface area contributed by atoms with Gasteiger partial charge in [-0.1, -0.05) is 82.2 Å². The molecule has 0 aromatic heterocycles. The fourth-order valence-electron chi connectivity index (χ4n) is 2.11. The van der Waals surface area contributed by atoms with Gasteiger partial charge in [-0.25, -0.2) is 0 Å². The van der Waals surface area contributed by atoms with Crippen LogP contribution in [0.25, 0.3) is 0 Å². The molecule has 0 atom stereocenters. The number of aryl methyl sites for hydroxylation is 1. The van der Waals surface area contributed by atoms with Gasteiger partial charge in [-0.3, -0.25) is 9.11 Å². The van der Waals surface area contributed by atoms with Crippen molar-refractivity contribution in [1.29, 1.82) is 0 Å². The fourth-order valence-corrected chi connectivity index (χ4v) is 2.11. The largest absolute Gasteiger partial charge is 1.00 e. The van der Waals surface area contributed by atoms with Crippen LogP contribution in [0.1, 0.15) is 65.3 Å². The minimum atomic E-state index is -4.67. The molecule has 0 radical (unpaired) electrons. The molecule has 0 bridgehead atoms. The van der Waals surface area contributed by atoms with Crippen molar-refractivity contribution in [2.24, 2.45) is 0 Å². The molecule has 1 aromatic carbocycles. The van der Waals surface area contributed by atoms with Gasteiger partial charge >= 0.3 is 40.0 Å². The molecule has 1 aromatic rings. The molecule has 0 aliphatic rings. The molecule has 0 saturated heterocycles. The second-order valence-electron chi connectivity index (χ2n) is 5.16. The third kappa shape index (κ3) is 22.4. The van der Waals surface area contributed by atoms with Crippen LogP contribution in [0.4, 0.5) is 0 Å². The van der Waals surface area contributed by atoms with Crippen LogP contribution in [-0.2, 0) is 16.8 Å². The second kappa shape index (κ2) is 16.0. The maximum atomic E-state index is 8.74. The van der Waals surface area contributed by atoms with Gasteiger partial charge in [-0.15, -0.1) is 0 Å². The molecule has 0 spiro atoms. The first kappa shape index (κ1) is 24.3. The summed E-state index contributed by atoms with van der Waals surface area (Å²) in [4.78, 5) is 0. The standard InChI is InChI=1S/C16H26.Na.H2O4S.H/c1-2-3-4-5-6-7-8-10-13-16-14-11-9-12-15-16;;1-5(2,3)4;/h9,11-12,14-15H,2-8,10,13H2,1H3;;(H2,1,2,3,4);/q;+1;;-1. The first-order valence-corrected chi connectivity index (χ1v) is 9.07. The Morgan fingerprint density at radius 1 is 0.864 bits per heavy atom. The Kier molecular flexibility index (Phi) is 17.7. The first-order chi connectivity index (χ1) is 9.93. The summed E-state index contributed by atoms with van der Waals surface area (Å²) in [6.45, 7) is 2.28. The Balaban J connectivity index is -0.000000502. The van der Waals surface area contributed by atoms with E-state index in [-0.39, 0.29) is 31.0 Å². The van der Waals surface area contributed by atoms with Gasteiger partial charge in [-0.2, -0.15) is 8.42 Å². The SMILES string of the molecule is CCCCCCCCCCc1ccccc1.O=S(=O)(O)O.[H-].[Na+]. The molecule has 4 nitrogen and oxygen atoms in total. The van der Waals surface area contributed by atoms with Gasteiger partial charge in [0, 0.05) is 0 Å². The van der Waals surface area contributed by atoms with E-state index in [2.05, 4.69) is 37.3 Å². The molecule has 0 unspecified atom stereocenters. The third-order valence-corrected chi connectivity index (χ3v) is 3.16. The molecule has 6 heteroatoms. The van der Waals surface area contributed by atoms with Crippen LogP contribution >= 0.6 is 0 Å². The molecule has 0 amide bonds. The van der Waals surface area contributed by atoms with E-state index in [1.807, 2.05) is 0 Å². The fraction of sp³-hybridized carbons (Fsp3) is 0.625. The summed E-state index contributed by atoms with van der Waals surface area (Å²) in [6.07, 6.45) is 12.5. The number of hydrogen-bond donors (Lipinski definition) is 2. The monoisotopic (exact) mass is 340 g/mol. The van der Waals surface area contributed by atoms with Gasteiger partial charge < -0.3 is 1.43 Å². The molecular weight excluding hydrogens is 311 g/mol. The first-order valence-electron chi connectivity index (χ1n) is 7.67. The summed E-state index contributed by atoms with van der Waals surface area (Å²) in [5.41, 5.74) is 1.49. The number of rotatable bonds is 9.